The largest absolute Gasteiger partial charge is 0.273 e. The first kappa shape index (κ1) is 14.2. The van der Waals surface area contributed by atoms with E-state index >= 15 is 0 Å². The van der Waals surface area contributed by atoms with Crippen LogP contribution in [0.25, 0.3) is 0 Å². The molecule has 1 N–H and O–H groups in total. The lowest BCUT2D eigenvalue weighted by molar-refractivity contribution is -0.121. The summed E-state index contributed by atoms with van der Waals surface area (Å²) < 4.78 is 0.726. The summed E-state index contributed by atoms with van der Waals surface area (Å²) in [5.41, 5.74) is 3.34. The van der Waals surface area contributed by atoms with E-state index in [1.165, 1.54) is 11.3 Å². The molecule has 3 nitrogen and oxygen atoms in total. The normalized spacial score (nSPS) is 11.6. The Balaban J connectivity index is 2.40. The van der Waals surface area contributed by atoms with Gasteiger partial charge in [0.05, 0.1) is 14.9 Å². The number of hydrogen-bond donors (Lipinski definition) is 1. The molecule has 0 aliphatic rings. The lowest BCUT2D eigenvalue weighted by Crippen LogP contribution is -2.18. The molecule has 1 amide bonds. The Morgan fingerprint density at radius 3 is 2.82 bits per heavy atom. The Bertz CT molecular complexity index is 401. The van der Waals surface area contributed by atoms with Crippen LogP contribution in [-0.2, 0) is 4.79 Å². The summed E-state index contributed by atoms with van der Waals surface area (Å²) in [6.07, 6.45) is 3.65. The molecule has 0 spiro atoms. The lowest BCUT2D eigenvalue weighted by atomic mass is 10.2. The summed E-state index contributed by atoms with van der Waals surface area (Å²) in [6.45, 7) is 3.97. The zero-order chi connectivity index (χ0) is 12.7. The summed E-state index contributed by atoms with van der Waals surface area (Å²) in [6, 6.07) is 3.72. The highest BCUT2D eigenvalue weighted by atomic mass is 35.5. The van der Waals surface area contributed by atoms with Gasteiger partial charge in [0, 0.05) is 6.42 Å². The molecule has 0 bridgehead atoms. The quantitative estimate of drug-likeness (QED) is 0.477. The van der Waals surface area contributed by atoms with Crippen LogP contribution in [0.3, 0.4) is 0 Å². The monoisotopic (exact) mass is 272 g/mol. The van der Waals surface area contributed by atoms with Crippen LogP contribution in [0, 0.1) is 0 Å². The van der Waals surface area contributed by atoms with Gasteiger partial charge in [0.1, 0.15) is 0 Å². The van der Waals surface area contributed by atoms with Crippen molar-refractivity contribution < 1.29 is 4.79 Å². The fraction of sp³-hybridized carbons (Fsp3) is 0.500. The molecule has 0 saturated heterocycles. The number of rotatable bonds is 6. The average Bonchev–Trinajstić information content (AvgIpc) is 2.73. The molecule has 1 rings (SSSR count). The van der Waals surface area contributed by atoms with Crippen LogP contribution in [0.4, 0.5) is 0 Å². The standard InChI is InChI=1S/C12H17ClN2OS/c1-3-4-5-6-12(16)15-14-9(2)10-7-8-11(13)17-10/h7-8H,3-6H2,1-2H3,(H,15,16)/b14-9+. The number of hydrazone groups is 1. The number of carbonyl (C=O) groups excluding carboxylic acids is 1. The smallest absolute Gasteiger partial charge is 0.240 e. The number of halogens is 1. The predicted molar refractivity (Wildman–Crippen MR) is 73.8 cm³/mol. The number of thiophene rings is 1. The lowest BCUT2D eigenvalue weighted by Gasteiger charge is -2.00. The van der Waals surface area contributed by atoms with Gasteiger partial charge in [-0.15, -0.1) is 11.3 Å². The number of unbranched alkanes of at least 4 members (excludes halogenated alkanes) is 2. The van der Waals surface area contributed by atoms with Crippen molar-refractivity contribution >= 4 is 34.6 Å². The Morgan fingerprint density at radius 1 is 1.47 bits per heavy atom. The molecule has 0 aromatic carbocycles. The predicted octanol–water partition coefficient (Wildman–Crippen LogP) is 3.82. The second-order valence-electron chi connectivity index (χ2n) is 3.79. The zero-order valence-electron chi connectivity index (χ0n) is 10.1. The summed E-state index contributed by atoms with van der Waals surface area (Å²) in [7, 11) is 0. The molecule has 0 unspecified atom stereocenters. The molecular formula is C12H17ClN2OS. The van der Waals surface area contributed by atoms with Gasteiger partial charge in [0.2, 0.25) is 5.91 Å². The van der Waals surface area contributed by atoms with Crippen molar-refractivity contribution in [1.29, 1.82) is 0 Å². The molecule has 0 aliphatic heterocycles. The van der Waals surface area contributed by atoms with Gasteiger partial charge in [-0.1, -0.05) is 31.4 Å². The maximum atomic E-state index is 11.4. The molecule has 5 heteroatoms. The molecule has 0 atom stereocenters. The van der Waals surface area contributed by atoms with Gasteiger partial charge in [0.15, 0.2) is 0 Å². The van der Waals surface area contributed by atoms with Crippen molar-refractivity contribution in [2.45, 2.75) is 39.5 Å². The third-order valence-electron chi connectivity index (χ3n) is 2.29. The summed E-state index contributed by atoms with van der Waals surface area (Å²) in [5.74, 6) is -0.0274. The highest BCUT2D eigenvalue weighted by molar-refractivity contribution is 7.18. The fourth-order valence-corrected chi connectivity index (χ4v) is 2.29. The highest BCUT2D eigenvalue weighted by Crippen LogP contribution is 2.21. The first-order valence-corrected chi connectivity index (χ1v) is 6.91. The van der Waals surface area contributed by atoms with E-state index in [-0.39, 0.29) is 5.91 Å². The van der Waals surface area contributed by atoms with Crippen LogP contribution in [0.5, 0.6) is 0 Å². The first-order valence-electron chi connectivity index (χ1n) is 5.72. The van der Waals surface area contributed by atoms with Crippen molar-refractivity contribution in [3.8, 4) is 0 Å². The second-order valence-corrected chi connectivity index (χ2v) is 5.51. The Kier molecular flexibility index (Phi) is 6.22. The number of hydrogen-bond acceptors (Lipinski definition) is 3. The number of amides is 1. The molecule has 1 aromatic heterocycles. The van der Waals surface area contributed by atoms with Gasteiger partial charge >= 0.3 is 0 Å². The molecule has 94 valence electrons. The van der Waals surface area contributed by atoms with Crippen molar-refractivity contribution in [1.82, 2.24) is 5.43 Å². The Hall–Kier alpha value is -0.870. The molecule has 1 heterocycles. The summed E-state index contributed by atoms with van der Waals surface area (Å²) in [5, 5.41) is 4.06. The van der Waals surface area contributed by atoms with Gasteiger partial charge in [-0.2, -0.15) is 5.10 Å². The number of nitrogens with one attached hydrogen (secondary N) is 1. The first-order chi connectivity index (χ1) is 8.13. The van der Waals surface area contributed by atoms with Crippen LogP contribution < -0.4 is 5.43 Å². The molecule has 0 fully saturated rings. The van der Waals surface area contributed by atoms with Crippen molar-refractivity contribution in [2.24, 2.45) is 5.10 Å². The Morgan fingerprint density at radius 2 is 2.24 bits per heavy atom. The highest BCUT2D eigenvalue weighted by Gasteiger charge is 2.03. The SMILES string of the molecule is CCCCCC(=O)N/N=C(\C)c1ccc(Cl)s1. The Labute approximate surface area is 111 Å². The molecule has 17 heavy (non-hydrogen) atoms. The third-order valence-corrected chi connectivity index (χ3v) is 3.63. The average molecular weight is 273 g/mol. The molecule has 0 radical (unpaired) electrons. The van der Waals surface area contributed by atoms with Crippen molar-refractivity contribution in [3.63, 3.8) is 0 Å². The topological polar surface area (TPSA) is 41.5 Å². The molecule has 1 aromatic rings. The van der Waals surface area contributed by atoms with E-state index in [0.717, 1.165) is 34.2 Å². The minimum absolute atomic E-state index is 0.0274. The van der Waals surface area contributed by atoms with Crippen LogP contribution in [-0.4, -0.2) is 11.6 Å². The number of carbonyl (C=O) groups is 1. The van der Waals surface area contributed by atoms with E-state index in [1.807, 2.05) is 19.1 Å². The molecular weight excluding hydrogens is 256 g/mol. The van der Waals surface area contributed by atoms with Gasteiger partial charge in [-0.25, -0.2) is 5.43 Å². The van der Waals surface area contributed by atoms with E-state index in [9.17, 15) is 4.79 Å². The van der Waals surface area contributed by atoms with E-state index < -0.39 is 0 Å². The van der Waals surface area contributed by atoms with Gasteiger partial charge in [-0.05, 0) is 25.5 Å². The van der Waals surface area contributed by atoms with Gasteiger partial charge < -0.3 is 0 Å². The second kappa shape index (κ2) is 7.45. The van der Waals surface area contributed by atoms with E-state index in [4.69, 9.17) is 11.6 Å². The fourth-order valence-electron chi connectivity index (χ4n) is 1.30. The maximum absolute atomic E-state index is 11.4. The summed E-state index contributed by atoms with van der Waals surface area (Å²) in [4.78, 5) is 12.4. The van der Waals surface area contributed by atoms with Crippen LogP contribution in [0.1, 0.15) is 44.4 Å². The zero-order valence-corrected chi connectivity index (χ0v) is 11.7. The summed E-state index contributed by atoms with van der Waals surface area (Å²) >= 11 is 7.28. The van der Waals surface area contributed by atoms with E-state index in [0.29, 0.717) is 6.42 Å². The van der Waals surface area contributed by atoms with E-state index in [1.54, 1.807) is 0 Å². The van der Waals surface area contributed by atoms with Gasteiger partial charge in [0.25, 0.3) is 0 Å². The van der Waals surface area contributed by atoms with Crippen LogP contribution in [0.2, 0.25) is 4.34 Å². The van der Waals surface area contributed by atoms with Crippen molar-refractivity contribution in [3.05, 3.63) is 21.3 Å². The minimum Gasteiger partial charge on any atom is -0.273 e. The third kappa shape index (κ3) is 5.33. The van der Waals surface area contributed by atoms with E-state index in [2.05, 4.69) is 17.5 Å². The number of nitrogens with zero attached hydrogens (tertiary/aromatic N) is 1. The molecule has 0 saturated carbocycles. The minimum atomic E-state index is -0.0274. The van der Waals surface area contributed by atoms with Crippen LogP contribution >= 0.6 is 22.9 Å². The van der Waals surface area contributed by atoms with Gasteiger partial charge in [-0.3, -0.25) is 4.79 Å². The maximum Gasteiger partial charge on any atom is 0.240 e. The van der Waals surface area contributed by atoms with Crippen LogP contribution in [0.15, 0.2) is 17.2 Å². The van der Waals surface area contributed by atoms with Crippen molar-refractivity contribution in [2.75, 3.05) is 0 Å². The molecule has 0 aliphatic carbocycles.